The van der Waals surface area contributed by atoms with Crippen LogP contribution in [0.4, 0.5) is 4.79 Å². The number of benzene rings is 2. The number of hydrogen-bond donors (Lipinski definition) is 2. The number of amides is 4. The third-order valence-electron chi connectivity index (χ3n) is 3.30. The molecule has 0 unspecified atom stereocenters. The molecule has 0 radical (unpaired) electrons. The number of imide groups is 2. The molecule has 0 aliphatic rings. The average Bonchev–Trinajstić information content (AvgIpc) is 2.54. The van der Waals surface area contributed by atoms with Gasteiger partial charge in [-0.2, -0.15) is 0 Å². The van der Waals surface area contributed by atoms with Gasteiger partial charge in [0.25, 0.3) is 0 Å². The molecule has 0 aromatic heterocycles. The van der Waals surface area contributed by atoms with E-state index in [9.17, 15) is 14.4 Å². The molecule has 5 nitrogen and oxygen atoms in total. The lowest BCUT2D eigenvalue weighted by molar-refractivity contribution is -0.119. The standard InChI is InChI=1S/C17H12Cl4N2O3/c18-11-3-1-4-12(19)9(11)7-15(24)22-17(26)23-16(25)8-10-13(20)5-2-6-14(10)21/h1-6H,7-8H2,(H2,22,23,24,25,26). The third-order valence-corrected chi connectivity index (χ3v) is 4.72. The van der Waals surface area contributed by atoms with Gasteiger partial charge in [0, 0.05) is 20.1 Å². The van der Waals surface area contributed by atoms with Gasteiger partial charge in [-0.05, 0) is 35.4 Å². The lowest BCUT2D eigenvalue weighted by atomic mass is 10.1. The van der Waals surface area contributed by atoms with E-state index in [0.717, 1.165) is 0 Å². The number of hydrogen-bond acceptors (Lipinski definition) is 3. The molecule has 0 saturated carbocycles. The van der Waals surface area contributed by atoms with Gasteiger partial charge in [0.2, 0.25) is 11.8 Å². The van der Waals surface area contributed by atoms with E-state index in [-0.39, 0.29) is 12.8 Å². The van der Waals surface area contributed by atoms with Gasteiger partial charge in [0.1, 0.15) is 0 Å². The molecule has 0 spiro atoms. The molecular formula is C17H12Cl4N2O3. The minimum atomic E-state index is -0.966. The summed E-state index contributed by atoms with van der Waals surface area (Å²) in [5.74, 6) is -1.33. The Morgan fingerprint density at radius 1 is 0.654 bits per heavy atom. The van der Waals surface area contributed by atoms with Gasteiger partial charge in [0.15, 0.2) is 0 Å². The summed E-state index contributed by atoms with van der Waals surface area (Å²) in [6.07, 6.45) is -0.424. The number of urea groups is 1. The van der Waals surface area contributed by atoms with Crippen molar-refractivity contribution in [1.82, 2.24) is 10.6 Å². The fraction of sp³-hybridized carbons (Fsp3) is 0.118. The second kappa shape index (κ2) is 9.24. The Kier molecular flexibility index (Phi) is 7.29. The first-order chi connectivity index (χ1) is 12.3. The second-order valence-electron chi connectivity index (χ2n) is 5.18. The highest BCUT2D eigenvalue weighted by molar-refractivity contribution is 6.37. The van der Waals surface area contributed by atoms with Crippen molar-refractivity contribution >= 4 is 64.2 Å². The first-order valence-electron chi connectivity index (χ1n) is 7.27. The molecule has 2 N–H and O–H groups in total. The molecule has 2 aromatic carbocycles. The van der Waals surface area contributed by atoms with Crippen LogP contribution in [0.2, 0.25) is 20.1 Å². The molecule has 0 atom stereocenters. The van der Waals surface area contributed by atoms with Crippen LogP contribution in [0.1, 0.15) is 11.1 Å². The Hall–Kier alpha value is -1.79. The Balaban J connectivity index is 1.92. The summed E-state index contributed by atoms with van der Waals surface area (Å²) in [7, 11) is 0. The monoisotopic (exact) mass is 432 g/mol. The van der Waals surface area contributed by atoms with Crippen LogP contribution in [0.5, 0.6) is 0 Å². The van der Waals surface area contributed by atoms with E-state index in [1.165, 1.54) is 0 Å². The normalized spacial score (nSPS) is 10.3. The Morgan fingerprint density at radius 2 is 0.962 bits per heavy atom. The van der Waals surface area contributed by atoms with Crippen molar-refractivity contribution in [2.24, 2.45) is 0 Å². The van der Waals surface area contributed by atoms with Crippen molar-refractivity contribution in [2.45, 2.75) is 12.8 Å². The molecule has 0 bridgehead atoms. The van der Waals surface area contributed by atoms with Gasteiger partial charge in [-0.1, -0.05) is 58.5 Å². The quantitative estimate of drug-likeness (QED) is 0.748. The molecule has 2 rings (SSSR count). The predicted octanol–water partition coefficient (Wildman–Crippen LogP) is 4.44. The van der Waals surface area contributed by atoms with Crippen molar-refractivity contribution in [1.29, 1.82) is 0 Å². The number of nitrogens with one attached hydrogen (secondary N) is 2. The molecule has 4 amide bonds. The molecule has 0 fully saturated rings. The van der Waals surface area contributed by atoms with Gasteiger partial charge in [-0.25, -0.2) is 4.79 Å². The molecule has 9 heteroatoms. The topological polar surface area (TPSA) is 75.3 Å². The van der Waals surface area contributed by atoms with E-state index in [2.05, 4.69) is 0 Å². The summed E-state index contributed by atoms with van der Waals surface area (Å²) in [5, 5.41) is 5.28. The van der Waals surface area contributed by atoms with Crippen molar-refractivity contribution in [2.75, 3.05) is 0 Å². The number of halogens is 4. The maximum absolute atomic E-state index is 11.9. The van der Waals surface area contributed by atoms with Gasteiger partial charge in [-0.15, -0.1) is 0 Å². The van der Waals surface area contributed by atoms with E-state index in [4.69, 9.17) is 46.4 Å². The van der Waals surface area contributed by atoms with Crippen molar-refractivity contribution in [3.8, 4) is 0 Å². The maximum Gasteiger partial charge on any atom is 0.328 e. The molecular weight excluding hydrogens is 422 g/mol. The van der Waals surface area contributed by atoms with E-state index < -0.39 is 17.8 Å². The fourth-order valence-electron chi connectivity index (χ4n) is 2.10. The minimum absolute atomic E-state index is 0.212. The smallest absolute Gasteiger partial charge is 0.277 e. The number of rotatable bonds is 4. The van der Waals surface area contributed by atoms with Crippen LogP contribution in [0.25, 0.3) is 0 Å². The van der Waals surface area contributed by atoms with Crippen LogP contribution in [0.3, 0.4) is 0 Å². The Labute approximate surface area is 169 Å². The molecule has 26 heavy (non-hydrogen) atoms. The summed E-state index contributed by atoms with van der Waals surface area (Å²) in [4.78, 5) is 35.7. The first kappa shape index (κ1) is 20.5. The zero-order valence-electron chi connectivity index (χ0n) is 13.1. The van der Waals surface area contributed by atoms with Gasteiger partial charge in [0.05, 0.1) is 12.8 Å². The molecule has 0 saturated heterocycles. The zero-order valence-corrected chi connectivity index (χ0v) is 16.1. The largest absolute Gasteiger partial charge is 0.328 e. The average molecular weight is 434 g/mol. The maximum atomic E-state index is 11.9. The molecule has 136 valence electrons. The molecule has 0 aliphatic carbocycles. The second-order valence-corrected chi connectivity index (χ2v) is 6.81. The van der Waals surface area contributed by atoms with Crippen molar-refractivity contribution in [3.63, 3.8) is 0 Å². The highest BCUT2D eigenvalue weighted by Crippen LogP contribution is 2.25. The predicted molar refractivity (Wildman–Crippen MR) is 102 cm³/mol. The third kappa shape index (κ3) is 5.61. The van der Waals surface area contributed by atoms with Crippen LogP contribution in [-0.2, 0) is 22.4 Å². The molecule has 2 aromatic rings. The SMILES string of the molecule is O=C(Cc1c(Cl)cccc1Cl)NC(=O)NC(=O)Cc1c(Cl)cccc1Cl. The Morgan fingerprint density at radius 3 is 1.27 bits per heavy atom. The molecule has 0 aliphatic heterocycles. The van der Waals surface area contributed by atoms with Gasteiger partial charge >= 0.3 is 6.03 Å². The summed E-state index contributed by atoms with van der Waals surface area (Å²) >= 11 is 23.9. The van der Waals surface area contributed by atoms with Crippen LogP contribution in [0.15, 0.2) is 36.4 Å². The highest BCUT2D eigenvalue weighted by atomic mass is 35.5. The number of carbonyl (C=O) groups excluding carboxylic acids is 3. The van der Waals surface area contributed by atoms with E-state index in [0.29, 0.717) is 31.2 Å². The molecule has 0 heterocycles. The zero-order chi connectivity index (χ0) is 19.3. The first-order valence-corrected chi connectivity index (χ1v) is 8.78. The van der Waals surface area contributed by atoms with Crippen LogP contribution < -0.4 is 10.6 Å². The summed E-state index contributed by atoms with van der Waals surface area (Å²) < 4.78 is 0. The van der Waals surface area contributed by atoms with E-state index in [1.54, 1.807) is 36.4 Å². The fourth-order valence-corrected chi connectivity index (χ4v) is 3.16. The summed E-state index contributed by atoms with van der Waals surface area (Å²) in [6.45, 7) is 0. The van der Waals surface area contributed by atoms with Crippen LogP contribution in [0, 0.1) is 0 Å². The van der Waals surface area contributed by atoms with E-state index >= 15 is 0 Å². The van der Waals surface area contributed by atoms with E-state index in [1.807, 2.05) is 10.6 Å². The summed E-state index contributed by atoms with van der Waals surface area (Å²) in [5.41, 5.74) is 0.769. The van der Waals surface area contributed by atoms with Gasteiger partial charge < -0.3 is 0 Å². The van der Waals surface area contributed by atoms with Crippen LogP contribution >= 0.6 is 46.4 Å². The lowest BCUT2D eigenvalue weighted by Gasteiger charge is -2.09. The van der Waals surface area contributed by atoms with Crippen LogP contribution in [-0.4, -0.2) is 17.8 Å². The lowest BCUT2D eigenvalue weighted by Crippen LogP contribution is -2.43. The van der Waals surface area contributed by atoms with Crippen molar-refractivity contribution in [3.05, 3.63) is 67.6 Å². The Bertz CT molecular complexity index is 761. The highest BCUT2D eigenvalue weighted by Gasteiger charge is 2.16. The van der Waals surface area contributed by atoms with Crippen molar-refractivity contribution < 1.29 is 14.4 Å². The number of carbonyl (C=O) groups is 3. The minimum Gasteiger partial charge on any atom is -0.277 e. The van der Waals surface area contributed by atoms with Gasteiger partial charge in [-0.3, -0.25) is 20.2 Å². The summed E-state index contributed by atoms with van der Waals surface area (Å²) in [6, 6.07) is 8.61.